The third-order valence-electron chi connectivity index (χ3n) is 31.7. The van der Waals surface area contributed by atoms with Gasteiger partial charge in [-0.15, -0.1) is 11.3 Å². The maximum Gasteiger partial charge on any atom is 0.135 e. The van der Waals surface area contributed by atoms with E-state index >= 15 is 0 Å². The molecule has 2 aromatic heterocycles. The molecule has 0 spiro atoms. The Bertz CT molecular complexity index is 5680. The fourth-order valence-electron chi connectivity index (χ4n) is 25.6. The van der Waals surface area contributed by atoms with Crippen molar-refractivity contribution in [2.75, 3.05) is 14.7 Å². The lowest BCUT2D eigenvalue weighted by Gasteiger charge is -2.33. The van der Waals surface area contributed by atoms with E-state index < -0.39 is 0 Å². The van der Waals surface area contributed by atoms with Gasteiger partial charge in [-0.3, -0.25) is 0 Å². The zero-order valence-corrected chi connectivity index (χ0v) is 71.0. The first-order valence-electron chi connectivity index (χ1n) is 46.7. The summed E-state index contributed by atoms with van der Waals surface area (Å²) in [4.78, 5) is 7.44. The largest absolute Gasteiger partial charge is 0.456 e. The van der Waals surface area contributed by atoms with Crippen molar-refractivity contribution in [1.82, 2.24) is 0 Å². The fourth-order valence-corrected chi connectivity index (χ4v) is 26.7. The molecule has 6 bridgehead atoms. The second-order valence-corrected chi connectivity index (χ2v) is 39.9. The predicted molar refractivity (Wildman–Crippen MR) is 503 cm³/mol. The van der Waals surface area contributed by atoms with Crippen LogP contribution in [0, 0.1) is 35.5 Å². The third kappa shape index (κ3) is 14.4. The van der Waals surface area contributed by atoms with Gasteiger partial charge in [0.25, 0.3) is 0 Å². The Morgan fingerprint density at radius 1 is 0.277 bits per heavy atom. The number of thiophene rings is 1. The van der Waals surface area contributed by atoms with E-state index in [2.05, 4.69) is 295 Å². The summed E-state index contributed by atoms with van der Waals surface area (Å²) >= 11 is 1.89. The van der Waals surface area contributed by atoms with Crippen LogP contribution in [0.5, 0.6) is 0 Å². The highest BCUT2D eigenvalue weighted by molar-refractivity contribution is 7.25. The van der Waals surface area contributed by atoms with Gasteiger partial charge in [0.2, 0.25) is 0 Å². The quantitative estimate of drug-likeness (QED) is 0.102. The van der Waals surface area contributed by atoms with Crippen molar-refractivity contribution in [2.45, 2.75) is 228 Å². The van der Waals surface area contributed by atoms with Crippen molar-refractivity contribution in [3.05, 3.63) is 317 Å². The van der Waals surface area contributed by atoms with Crippen LogP contribution in [0.15, 0.2) is 277 Å². The first-order chi connectivity index (χ1) is 58.7. The summed E-state index contributed by atoms with van der Waals surface area (Å²) in [6.45, 7) is 4.81. The highest BCUT2D eigenvalue weighted by atomic mass is 32.1. The topological polar surface area (TPSA) is 22.9 Å². The highest BCUT2D eigenvalue weighted by Gasteiger charge is 2.44. The van der Waals surface area contributed by atoms with Gasteiger partial charge in [-0.2, -0.15) is 0 Å². The Balaban J connectivity index is 0.000000107. The van der Waals surface area contributed by atoms with Crippen LogP contribution in [0.1, 0.15) is 267 Å². The second kappa shape index (κ2) is 32.2. The van der Waals surface area contributed by atoms with E-state index in [1.165, 1.54) is 300 Å². The zero-order chi connectivity index (χ0) is 79.1. The van der Waals surface area contributed by atoms with Crippen molar-refractivity contribution in [1.29, 1.82) is 0 Å². The Morgan fingerprint density at radius 2 is 0.647 bits per heavy atom. The summed E-state index contributed by atoms with van der Waals surface area (Å²) in [6.07, 6.45) is 37.7. The van der Waals surface area contributed by atoms with E-state index in [1.54, 1.807) is 11.1 Å². The summed E-state index contributed by atoms with van der Waals surface area (Å²) in [5.41, 5.74) is 27.8. The van der Waals surface area contributed by atoms with Gasteiger partial charge in [0.15, 0.2) is 0 Å². The van der Waals surface area contributed by atoms with E-state index in [9.17, 15) is 0 Å². The number of fused-ring (bicyclic) bond motifs is 15. The molecule has 4 nitrogen and oxygen atoms in total. The molecule has 9 fully saturated rings. The number of anilines is 9. The number of hydrogen-bond donors (Lipinski definition) is 0. The summed E-state index contributed by atoms with van der Waals surface area (Å²) in [7, 11) is 0. The third-order valence-corrected chi connectivity index (χ3v) is 32.8. The first kappa shape index (κ1) is 75.3. The summed E-state index contributed by atoms with van der Waals surface area (Å²) in [5.74, 6) is 10.1. The average Bonchev–Trinajstić information content (AvgIpc) is 1.48. The van der Waals surface area contributed by atoms with E-state index in [1.807, 2.05) is 17.4 Å². The number of benzene rings is 12. The van der Waals surface area contributed by atoms with Gasteiger partial charge in [-0.25, -0.2) is 0 Å². The van der Waals surface area contributed by atoms with Crippen molar-refractivity contribution >= 4 is 105 Å². The van der Waals surface area contributed by atoms with E-state index in [-0.39, 0.29) is 5.41 Å². The standard InChI is InChI=1S/C40H43N.C37H37NO.C37H37NS/c1-40(2)37-13-7-6-11-34(37)35-12-8-14-38(39(35)40)41(32-21-17-29(18-22-32)28-9-4-3-5-10-28)33-23-19-30(20-24-33)36-26-27-15-16-31(36)25-27;2*1-2-6-26(7-3-1)27-12-16-30(17-13-27)38(31-18-14-28(15-19-31)34-23-25-10-11-29(34)22-25)32-20-21-37-35(24-32)33-8-4-5-9-36(33)39-37/h6-8,11-14,17-24,27-28,31,36H,3-5,9-10,15-16,25-26H2,1-2H3;2*4-5,8-9,12-21,24-26,29,34H,1-3,6-7,10-11,22-23H2. The Kier molecular flexibility index (Phi) is 20.4. The lowest BCUT2D eigenvalue weighted by molar-refractivity contribution is 0.420. The summed E-state index contributed by atoms with van der Waals surface area (Å²) in [6, 6.07) is 104. The van der Waals surface area contributed by atoms with Gasteiger partial charge in [0, 0.05) is 81.9 Å². The smallest absolute Gasteiger partial charge is 0.135 e. The van der Waals surface area contributed by atoms with Crippen LogP contribution >= 0.6 is 11.3 Å². The monoisotopic (exact) mass is 1580 g/mol. The highest BCUT2D eigenvalue weighted by Crippen LogP contribution is 2.59. The molecule has 9 atom stereocenters. The molecule has 0 N–H and O–H groups in total. The maximum absolute atomic E-state index is 6.16. The van der Waals surface area contributed by atoms with Crippen LogP contribution in [0.3, 0.4) is 0 Å². The molecule has 5 heteroatoms. The van der Waals surface area contributed by atoms with Gasteiger partial charge in [-0.05, 0) is 350 Å². The number of nitrogens with zero attached hydrogens (tertiary/aromatic N) is 3. The Hall–Kier alpha value is -9.94. The molecule has 0 aliphatic heterocycles. The molecule has 9 saturated carbocycles. The molecule has 2 heterocycles. The minimum atomic E-state index is -0.0637. The molecular formula is C114H117N3OS. The molecule has 12 aromatic carbocycles. The van der Waals surface area contributed by atoms with Gasteiger partial charge < -0.3 is 19.1 Å². The van der Waals surface area contributed by atoms with E-state index in [4.69, 9.17) is 4.42 Å². The molecule has 0 saturated heterocycles. The fraction of sp³-hybridized carbons (Fsp3) is 0.368. The number of hydrogen-bond acceptors (Lipinski definition) is 5. The Morgan fingerprint density at radius 3 is 1.10 bits per heavy atom. The molecule has 24 rings (SSSR count). The van der Waals surface area contributed by atoms with Crippen molar-refractivity contribution in [2.24, 2.45) is 35.5 Å². The number of rotatable bonds is 15. The van der Waals surface area contributed by atoms with Crippen molar-refractivity contribution in [3.63, 3.8) is 0 Å². The molecular weight excluding hydrogens is 1460 g/mol. The molecule has 10 aliphatic carbocycles. The molecule has 14 aromatic rings. The molecule has 9 unspecified atom stereocenters. The Labute approximate surface area is 711 Å². The summed E-state index contributed by atoms with van der Waals surface area (Å²) in [5, 5.41) is 5.06. The van der Waals surface area contributed by atoms with Crippen molar-refractivity contribution < 1.29 is 4.42 Å². The number of furan rings is 1. The molecule has 119 heavy (non-hydrogen) atoms. The van der Waals surface area contributed by atoms with Crippen LogP contribution in [0.4, 0.5) is 51.2 Å². The van der Waals surface area contributed by atoms with Crippen LogP contribution in [0.25, 0.3) is 53.2 Å². The van der Waals surface area contributed by atoms with E-state index in [0.717, 1.165) is 82.2 Å². The van der Waals surface area contributed by atoms with Crippen molar-refractivity contribution in [3.8, 4) is 11.1 Å². The lowest BCUT2D eigenvalue weighted by Crippen LogP contribution is -2.20. The SMILES string of the molecule is CC1(C)c2ccccc2-c2cccc(N(c3ccc(C4CCCCC4)cc3)c3ccc(C4CC5CCC4C5)cc3)c21.c1ccc2c(c1)oc1ccc(N(c3ccc(C4CCCCC4)cc3)c3ccc(C4CC5CCC4C5)cc3)cc12.c1ccc2c(c1)sc1ccc(N(c3ccc(C4CCCCC4)cc3)c3ccc(C4CC5CCC4C5)cc3)cc12. The maximum atomic E-state index is 6.16. The predicted octanol–water partition coefficient (Wildman–Crippen LogP) is 33.9. The molecule has 0 amide bonds. The van der Waals surface area contributed by atoms with Gasteiger partial charge >= 0.3 is 0 Å². The lowest BCUT2D eigenvalue weighted by atomic mass is 9.81. The van der Waals surface area contributed by atoms with Gasteiger partial charge in [-0.1, -0.05) is 236 Å². The van der Waals surface area contributed by atoms with E-state index in [0.29, 0.717) is 0 Å². The van der Waals surface area contributed by atoms with Crippen LogP contribution in [-0.2, 0) is 5.41 Å². The van der Waals surface area contributed by atoms with Gasteiger partial charge in [0.05, 0.1) is 5.69 Å². The molecule has 0 radical (unpaired) electrons. The number of para-hydroxylation sites is 1. The minimum Gasteiger partial charge on any atom is -0.456 e. The summed E-state index contributed by atoms with van der Waals surface area (Å²) < 4.78 is 8.88. The van der Waals surface area contributed by atoms with Crippen LogP contribution in [-0.4, -0.2) is 0 Å². The average molecular weight is 1580 g/mol. The van der Waals surface area contributed by atoms with Crippen LogP contribution < -0.4 is 14.7 Å². The van der Waals surface area contributed by atoms with Gasteiger partial charge in [0.1, 0.15) is 11.2 Å². The van der Waals surface area contributed by atoms with Crippen LogP contribution in [0.2, 0.25) is 0 Å². The normalized spacial score (nSPS) is 23.5. The molecule has 10 aliphatic rings. The second-order valence-electron chi connectivity index (χ2n) is 38.8. The molecule has 600 valence electrons. The first-order valence-corrected chi connectivity index (χ1v) is 47.6. The zero-order valence-electron chi connectivity index (χ0n) is 70.2. The minimum absolute atomic E-state index is 0.0637.